The second-order valence-corrected chi connectivity index (χ2v) is 11.1. The molecule has 1 aromatic carbocycles. The van der Waals surface area contributed by atoms with Gasteiger partial charge in [0, 0.05) is 43.8 Å². The molecular formula is C30H38F3N5O4. The van der Waals surface area contributed by atoms with Gasteiger partial charge in [0.15, 0.2) is 5.69 Å². The first-order valence-electron chi connectivity index (χ1n) is 14.7. The fourth-order valence-corrected chi connectivity index (χ4v) is 5.85. The maximum Gasteiger partial charge on any atom is 0.428 e. The van der Waals surface area contributed by atoms with Crippen molar-refractivity contribution < 1.29 is 32.2 Å². The number of nitrogens with zero attached hydrogens (tertiary/aromatic N) is 3. The van der Waals surface area contributed by atoms with E-state index in [0.29, 0.717) is 49.7 Å². The summed E-state index contributed by atoms with van der Waals surface area (Å²) < 4.78 is 51.8. The summed E-state index contributed by atoms with van der Waals surface area (Å²) in [5, 5.41) is 6.34. The number of para-hydroxylation sites is 1. The van der Waals surface area contributed by atoms with Gasteiger partial charge in [0.1, 0.15) is 5.75 Å². The van der Waals surface area contributed by atoms with Gasteiger partial charge in [-0.2, -0.15) is 13.2 Å². The van der Waals surface area contributed by atoms with Crippen LogP contribution in [0.4, 0.5) is 23.7 Å². The molecule has 2 aliphatic heterocycles. The quantitative estimate of drug-likeness (QED) is 0.459. The third-order valence-electron chi connectivity index (χ3n) is 8.43. The summed E-state index contributed by atoms with van der Waals surface area (Å²) in [5.74, 6) is 0.358. The summed E-state index contributed by atoms with van der Waals surface area (Å²) in [5.41, 5.74) is -0.171. The lowest BCUT2D eigenvalue weighted by atomic mass is 9.79. The van der Waals surface area contributed by atoms with Crippen molar-refractivity contribution in [3.63, 3.8) is 0 Å². The number of piperazine rings is 1. The van der Waals surface area contributed by atoms with E-state index in [1.54, 1.807) is 0 Å². The highest BCUT2D eigenvalue weighted by molar-refractivity contribution is 5.99. The van der Waals surface area contributed by atoms with E-state index in [1.165, 1.54) is 4.90 Å². The van der Waals surface area contributed by atoms with Crippen LogP contribution in [0.3, 0.4) is 0 Å². The van der Waals surface area contributed by atoms with E-state index in [9.17, 15) is 22.8 Å². The fraction of sp³-hybridized carbons (Fsp3) is 0.567. The molecule has 0 radical (unpaired) electrons. The van der Waals surface area contributed by atoms with Crippen molar-refractivity contribution in [3.8, 4) is 17.0 Å². The van der Waals surface area contributed by atoms with Crippen LogP contribution < -0.4 is 20.3 Å². The van der Waals surface area contributed by atoms with Gasteiger partial charge >= 0.3 is 12.3 Å². The number of benzene rings is 1. The molecule has 2 amide bonds. The fourth-order valence-electron chi connectivity index (χ4n) is 5.85. The van der Waals surface area contributed by atoms with Crippen molar-refractivity contribution in [2.24, 2.45) is 0 Å². The molecule has 0 spiro atoms. The predicted octanol–water partition coefficient (Wildman–Crippen LogP) is 4.76. The van der Waals surface area contributed by atoms with Crippen LogP contribution in [0.2, 0.25) is 0 Å². The minimum absolute atomic E-state index is 0.0208. The molecule has 1 aliphatic carbocycles. The molecule has 2 atom stereocenters. The van der Waals surface area contributed by atoms with Gasteiger partial charge in [0.25, 0.3) is 5.91 Å². The molecule has 2 N–H and O–H groups in total. The summed E-state index contributed by atoms with van der Waals surface area (Å²) in [6.07, 6.45) is -4.19. The molecule has 1 aromatic heterocycles. The standard InChI is InChI=1S/C30H38F3N5O4/c1-3-21-19-37(28(40)42-29(13-7-14-29)30(31,32)33)16-17-38(21)24-11-10-23(22-8-5-6-9-25(22)41-4-2)36-26(24)27(39)35-20-12-15-34-18-20/h5-6,8-11,20-21,34H,3-4,7,12-19H2,1-2H3,(H,35,39)/t20-,21-/m1/s1. The molecule has 5 rings (SSSR count). The Kier molecular flexibility index (Phi) is 8.81. The van der Waals surface area contributed by atoms with Crippen LogP contribution in [0.5, 0.6) is 5.75 Å². The molecular weight excluding hydrogens is 551 g/mol. The number of hydrogen-bond donors (Lipinski definition) is 2. The highest BCUT2D eigenvalue weighted by Crippen LogP contribution is 2.48. The highest BCUT2D eigenvalue weighted by atomic mass is 19.4. The predicted molar refractivity (Wildman–Crippen MR) is 152 cm³/mol. The first kappa shape index (κ1) is 29.9. The van der Waals surface area contributed by atoms with Crippen LogP contribution in [0.25, 0.3) is 11.3 Å². The Labute approximate surface area is 243 Å². The normalized spacial score (nSPS) is 21.9. The van der Waals surface area contributed by atoms with Crippen LogP contribution >= 0.6 is 0 Å². The van der Waals surface area contributed by atoms with Crippen LogP contribution in [0, 0.1) is 0 Å². The third-order valence-corrected chi connectivity index (χ3v) is 8.43. The lowest BCUT2D eigenvalue weighted by Gasteiger charge is -2.46. The van der Waals surface area contributed by atoms with E-state index in [2.05, 4.69) is 10.6 Å². The zero-order valence-corrected chi connectivity index (χ0v) is 24.0. The number of halogens is 3. The zero-order chi connectivity index (χ0) is 29.9. The van der Waals surface area contributed by atoms with Gasteiger partial charge in [-0.25, -0.2) is 9.78 Å². The number of pyridine rings is 1. The molecule has 3 fully saturated rings. The zero-order valence-electron chi connectivity index (χ0n) is 24.0. The molecule has 12 heteroatoms. The molecule has 2 aromatic rings. The number of aromatic nitrogens is 1. The maximum absolute atomic E-state index is 13.7. The Morgan fingerprint density at radius 1 is 1.14 bits per heavy atom. The number of carbonyl (C=O) groups is 2. The average Bonchev–Trinajstić information content (AvgIpc) is 3.47. The molecule has 9 nitrogen and oxygen atoms in total. The van der Waals surface area contributed by atoms with Gasteiger partial charge in [-0.3, -0.25) is 4.79 Å². The van der Waals surface area contributed by atoms with Gasteiger partial charge < -0.3 is 29.9 Å². The van der Waals surface area contributed by atoms with E-state index in [0.717, 1.165) is 18.5 Å². The van der Waals surface area contributed by atoms with Crippen molar-refractivity contribution in [3.05, 3.63) is 42.1 Å². The lowest BCUT2D eigenvalue weighted by molar-refractivity contribution is -0.286. The summed E-state index contributed by atoms with van der Waals surface area (Å²) in [6, 6.07) is 10.9. The van der Waals surface area contributed by atoms with Crippen molar-refractivity contribution in [2.45, 2.75) is 69.8 Å². The van der Waals surface area contributed by atoms with E-state index in [1.807, 2.05) is 55.1 Å². The van der Waals surface area contributed by atoms with E-state index < -0.39 is 17.9 Å². The molecule has 2 saturated heterocycles. The van der Waals surface area contributed by atoms with Crippen molar-refractivity contribution in [1.82, 2.24) is 20.5 Å². The monoisotopic (exact) mass is 589 g/mol. The first-order valence-corrected chi connectivity index (χ1v) is 14.7. The highest BCUT2D eigenvalue weighted by Gasteiger charge is 2.62. The summed E-state index contributed by atoms with van der Waals surface area (Å²) >= 11 is 0. The second-order valence-electron chi connectivity index (χ2n) is 11.1. The molecule has 228 valence electrons. The number of nitrogens with one attached hydrogen (secondary N) is 2. The number of anilines is 1. The number of rotatable bonds is 8. The minimum Gasteiger partial charge on any atom is -0.493 e. The topological polar surface area (TPSA) is 96.0 Å². The summed E-state index contributed by atoms with van der Waals surface area (Å²) in [4.78, 5) is 34.8. The van der Waals surface area contributed by atoms with Crippen molar-refractivity contribution in [1.29, 1.82) is 0 Å². The van der Waals surface area contributed by atoms with Gasteiger partial charge in [-0.05, 0) is 69.8 Å². The van der Waals surface area contributed by atoms with Crippen molar-refractivity contribution >= 4 is 17.7 Å². The molecule has 42 heavy (non-hydrogen) atoms. The Hall–Kier alpha value is -3.54. The van der Waals surface area contributed by atoms with Gasteiger partial charge in [0.2, 0.25) is 5.60 Å². The van der Waals surface area contributed by atoms with E-state index in [-0.39, 0.29) is 49.6 Å². The minimum atomic E-state index is -4.60. The van der Waals surface area contributed by atoms with Crippen LogP contribution in [-0.4, -0.2) is 85.1 Å². The van der Waals surface area contributed by atoms with E-state index >= 15 is 0 Å². The van der Waals surface area contributed by atoms with Gasteiger partial charge in [-0.15, -0.1) is 0 Å². The second kappa shape index (κ2) is 12.4. The number of ether oxygens (including phenoxy) is 2. The van der Waals surface area contributed by atoms with Crippen LogP contribution in [-0.2, 0) is 4.74 Å². The number of alkyl halides is 3. The number of carbonyl (C=O) groups excluding carboxylic acids is 2. The SMILES string of the molecule is CCOc1ccccc1-c1ccc(N2CCN(C(=O)OC3(C(F)(F)F)CCC3)C[C@H]2CC)c(C(=O)N[C@@H]2CCNC2)n1. The molecule has 3 heterocycles. The maximum atomic E-state index is 13.7. The van der Waals surface area contributed by atoms with Gasteiger partial charge in [0.05, 0.1) is 18.0 Å². The lowest BCUT2D eigenvalue weighted by Crippen LogP contribution is -2.59. The summed E-state index contributed by atoms with van der Waals surface area (Å²) in [7, 11) is 0. The van der Waals surface area contributed by atoms with E-state index in [4.69, 9.17) is 14.5 Å². The summed E-state index contributed by atoms with van der Waals surface area (Å²) in [6.45, 7) is 6.46. The molecule has 0 bridgehead atoms. The molecule has 3 aliphatic rings. The first-order chi connectivity index (χ1) is 20.2. The Morgan fingerprint density at radius 2 is 1.93 bits per heavy atom. The van der Waals surface area contributed by atoms with Crippen LogP contribution in [0.1, 0.15) is 56.4 Å². The molecule has 1 saturated carbocycles. The smallest absolute Gasteiger partial charge is 0.428 e. The number of amides is 2. The van der Waals surface area contributed by atoms with Crippen LogP contribution in [0.15, 0.2) is 36.4 Å². The van der Waals surface area contributed by atoms with Gasteiger partial charge in [-0.1, -0.05) is 19.1 Å². The van der Waals surface area contributed by atoms with Crippen molar-refractivity contribution in [2.75, 3.05) is 44.2 Å². The molecule has 0 unspecified atom stereocenters. The Balaban J connectivity index is 1.41. The largest absolute Gasteiger partial charge is 0.493 e. The average molecular weight is 590 g/mol. The third kappa shape index (κ3) is 5.99. The Morgan fingerprint density at radius 3 is 2.57 bits per heavy atom. The Bertz CT molecular complexity index is 1280. The number of hydrogen-bond acceptors (Lipinski definition) is 7.